The lowest BCUT2D eigenvalue weighted by Crippen LogP contribution is -2.22. The van der Waals surface area contributed by atoms with Crippen LogP contribution >= 0.6 is 0 Å². The summed E-state index contributed by atoms with van der Waals surface area (Å²) < 4.78 is 5.25. The maximum Gasteiger partial charge on any atom is 0.0494 e. The average molecular weight is 114 g/mol. The van der Waals surface area contributed by atoms with Crippen LogP contribution in [0.4, 0.5) is 0 Å². The summed E-state index contributed by atoms with van der Waals surface area (Å²) in [5, 5.41) is 0. The van der Waals surface area contributed by atoms with Crippen LogP contribution in [-0.4, -0.2) is 13.2 Å². The maximum absolute atomic E-state index is 5.25. The van der Waals surface area contributed by atoms with E-state index in [9.17, 15) is 0 Å². The van der Waals surface area contributed by atoms with Crippen molar-refractivity contribution in [3.05, 3.63) is 0 Å². The number of hydrogen-bond acceptors (Lipinski definition) is 1. The minimum atomic E-state index is 0.781. The van der Waals surface area contributed by atoms with Crippen molar-refractivity contribution in [1.82, 2.24) is 0 Å². The van der Waals surface area contributed by atoms with E-state index in [0.29, 0.717) is 0 Å². The second-order valence-corrected chi connectivity index (χ2v) is 2.82. The average Bonchev–Trinajstić information content (AvgIpc) is 1.77. The SMILES string of the molecule is CC1COCC[C@@H]1C. The van der Waals surface area contributed by atoms with E-state index in [1.54, 1.807) is 0 Å². The Morgan fingerprint density at radius 1 is 1.25 bits per heavy atom. The molecule has 1 heteroatoms. The van der Waals surface area contributed by atoms with Crippen molar-refractivity contribution < 1.29 is 4.74 Å². The van der Waals surface area contributed by atoms with Crippen LogP contribution in [0.25, 0.3) is 0 Å². The minimum absolute atomic E-state index is 0.781. The first-order valence-electron chi connectivity index (χ1n) is 3.38. The molecule has 48 valence electrons. The van der Waals surface area contributed by atoms with Crippen LogP contribution in [0.3, 0.4) is 0 Å². The molecule has 0 amide bonds. The fourth-order valence-corrected chi connectivity index (χ4v) is 0.987. The molecular weight excluding hydrogens is 100 g/mol. The second-order valence-electron chi connectivity index (χ2n) is 2.82. The third-order valence-corrected chi connectivity index (χ3v) is 2.07. The largest absolute Gasteiger partial charge is 0.381 e. The van der Waals surface area contributed by atoms with E-state index in [-0.39, 0.29) is 0 Å². The Morgan fingerprint density at radius 3 is 2.38 bits per heavy atom. The molecule has 0 bridgehead atoms. The second kappa shape index (κ2) is 2.49. The van der Waals surface area contributed by atoms with Crippen LogP contribution in [0, 0.1) is 11.8 Å². The van der Waals surface area contributed by atoms with E-state index in [4.69, 9.17) is 4.74 Å². The van der Waals surface area contributed by atoms with Gasteiger partial charge in [-0.3, -0.25) is 0 Å². The Morgan fingerprint density at radius 2 is 2.00 bits per heavy atom. The van der Waals surface area contributed by atoms with Gasteiger partial charge in [0.25, 0.3) is 0 Å². The van der Waals surface area contributed by atoms with Gasteiger partial charge in [0.15, 0.2) is 0 Å². The normalized spacial score (nSPS) is 39.8. The molecule has 0 spiro atoms. The van der Waals surface area contributed by atoms with Crippen molar-refractivity contribution >= 4 is 0 Å². The molecule has 1 unspecified atom stereocenters. The Kier molecular flexibility index (Phi) is 1.90. The Balaban J connectivity index is 2.28. The highest BCUT2D eigenvalue weighted by Crippen LogP contribution is 2.19. The van der Waals surface area contributed by atoms with Gasteiger partial charge in [-0.1, -0.05) is 13.8 Å². The highest BCUT2D eigenvalue weighted by molar-refractivity contribution is 4.64. The molecule has 1 aliphatic rings. The van der Waals surface area contributed by atoms with Crippen molar-refractivity contribution in [3.63, 3.8) is 0 Å². The first-order chi connectivity index (χ1) is 3.80. The van der Waals surface area contributed by atoms with Crippen LogP contribution in [0.5, 0.6) is 0 Å². The molecule has 1 rings (SSSR count). The molecule has 1 aliphatic heterocycles. The van der Waals surface area contributed by atoms with E-state index in [2.05, 4.69) is 13.8 Å². The molecule has 1 fully saturated rings. The quantitative estimate of drug-likeness (QED) is 0.465. The molecule has 0 aromatic rings. The molecule has 1 heterocycles. The molecule has 8 heavy (non-hydrogen) atoms. The van der Waals surface area contributed by atoms with Gasteiger partial charge >= 0.3 is 0 Å². The van der Waals surface area contributed by atoms with E-state index in [1.165, 1.54) is 6.42 Å². The maximum atomic E-state index is 5.25. The third kappa shape index (κ3) is 1.22. The fraction of sp³-hybridized carbons (Fsp3) is 1.00. The molecule has 0 saturated carbocycles. The van der Waals surface area contributed by atoms with Gasteiger partial charge in [0.05, 0.1) is 0 Å². The Labute approximate surface area is 51.0 Å². The first-order valence-corrected chi connectivity index (χ1v) is 3.38. The molecule has 0 radical (unpaired) electrons. The highest BCUT2D eigenvalue weighted by atomic mass is 16.5. The lowest BCUT2D eigenvalue weighted by Gasteiger charge is -2.24. The van der Waals surface area contributed by atoms with Crippen LogP contribution in [-0.2, 0) is 4.74 Å². The van der Waals surface area contributed by atoms with Gasteiger partial charge in [0, 0.05) is 13.2 Å². The van der Waals surface area contributed by atoms with Gasteiger partial charge in [0.2, 0.25) is 0 Å². The van der Waals surface area contributed by atoms with Gasteiger partial charge in [-0.25, -0.2) is 0 Å². The Bertz CT molecular complexity index is 60.8. The number of rotatable bonds is 0. The number of ether oxygens (including phenoxy) is 1. The van der Waals surface area contributed by atoms with Crippen molar-refractivity contribution in [2.75, 3.05) is 13.2 Å². The highest BCUT2D eigenvalue weighted by Gasteiger charge is 2.16. The third-order valence-electron chi connectivity index (χ3n) is 2.07. The van der Waals surface area contributed by atoms with Crippen LogP contribution in [0.2, 0.25) is 0 Å². The first kappa shape index (κ1) is 6.09. The zero-order chi connectivity index (χ0) is 5.98. The fourth-order valence-electron chi connectivity index (χ4n) is 0.987. The zero-order valence-corrected chi connectivity index (χ0v) is 5.68. The van der Waals surface area contributed by atoms with Gasteiger partial charge in [-0.15, -0.1) is 0 Å². The summed E-state index contributed by atoms with van der Waals surface area (Å²) >= 11 is 0. The van der Waals surface area contributed by atoms with Gasteiger partial charge in [-0.05, 0) is 18.3 Å². The van der Waals surface area contributed by atoms with Gasteiger partial charge in [-0.2, -0.15) is 0 Å². The lowest BCUT2D eigenvalue weighted by molar-refractivity contribution is 0.0303. The monoisotopic (exact) mass is 114 g/mol. The van der Waals surface area contributed by atoms with E-state index < -0.39 is 0 Å². The van der Waals surface area contributed by atoms with Gasteiger partial charge in [0.1, 0.15) is 0 Å². The molecule has 0 N–H and O–H groups in total. The van der Waals surface area contributed by atoms with Crippen molar-refractivity contribution in [2.24, 2.45) is 11.8 Å². The molecular formula is C7H14O. The summed E-state index contributed by atoms with van der Waals surface area (Å²) in [6.07, 6.45) is 1.25. The van der Waals surface area contributed by atoms with Crippen LogP contribution in [0.15, 0.2) is 0 Å². The van der Waals surface area contributed by atoms with Gasteiger partial charge < -0.3 is 4.74 Å². The van der Waals surface area contributed by atoms with Crippen molar-refractivity contribution in [1.29, 1.82) is 0 Å². The molecule has 0 aliphatic carbocycles. The van der Waals surface area contributed by atoms with Crippen molar-refractivity contribution in [3.8, 4) is 0 Å². The summed E-state index contributed by atoms with van der Waals surface area (Å²) in [4.78, 5) is 0. The van der Waals surface area contributed by atoms with E-state index >= 15 is 0 Å². The predicted molar refractivity (Wildman–Crippen MR) is 33.8 cm³/mol. The summed E-state index contributed by atoms with van der Waals surface area (Å²) in [6.45, 7) is 6.50. The zero-order valence-electron chi connectivity index (χ0n) is 5.68. The van der Waals surface area contributed by atoms with Crippen LogP contribution < -0.4 is 0 Å². The Hall–Kier alpha value is -0.0400. The lowest BCUT2D eigenvalue weighted by atomic mass is 9.92. The number of hydrogen-bond donors (Lipinski definition) is 0. The smallest absolute Gasteiger partial charge is 0.0494 e. The van der Waals surface area contributed by atoms with Crippen LogP contribution in [0.1, 0.15) is 20.3 Å². The molecule has 0 aromatic heterocycles. The summed E-state index contributed by atoms with van der Waals surface area (Å²) in [5.74, 6) is 1.66. The van der Waals surface area contributed by atoms with Crippen molar-refractivity contribution in [2.45, 2.75) is 20.3 Å². The molecule has 1 nitrogen and oxygen atoms in total. The predicted octanol–water partition coefficient (Wildman–Crippen LogP) is 1.68. The summed E-state index contributed by atoms with van der Waals surface area (Å²) in [7, 11) is 0. The minimum Gasteiger partial charge on any atom is -0.381 e. The van der Waals surface area contributed by atoms with E-state index in [0.717, 1.165) is 25.0 Å². The molecule has 1 saturated heterocycles. The molecule has 2 atom stereocenters. The van der Waals surface area contributed by atoms with E-state index in [1.807, 2.05) is 0 Å². The summed E-state index contributed by atoms with van der Waals surface area (Å²) in [5.41, 5.74) is 0. The summed E-state index contributed by atoms with van der Waals surface area (Å²) in [6, 6.07) is 0. The topological polar surface area (TPSA) is 9.23 Å². The molecule has 0 aromatic carbocycles. The standard InChI is InChI=1S/C7H14O/c1-6-3-4-8-5-7(6)2/h6-7H,3-5H2,1-2H3/t6-,7?/m0/s1.